The summed E-state index contributed by atoms with van der Waals surface area (Å²) in [6.45, 7) is 3.66. The maximum absolute atomic E-state index is 13.5. The van der Waals surface area contributed by atoms with Crippen molar-refractivity contribution < 1.29 is 9.13 Å². The number of hydrogen-bond acceptors (Lipinski definition) is 7. The van der Waals surface area contributed by atoms with Crippen LogP contribution in [-0.2, 0) is 13.0 Å². The van der Waals surface area contributed by atoms with Crippen LogP contribution in [0.2, 0.25) is 0 Å². The minimum Gasteiger partial charge on any atom is -0.491 e. The molecular formula is C27H24FN7O. The molecule has 36 heavy (non-hydrogen) atoms. The fourth-order valence-corrected chi connectivity index (χ4v) is 4.62. The Morgan fingerprint density at radius 3 is 2.78 bits per heavy atom. The summed E-state index contributed by atoms with van der Waals surface area (Å²) in [5.41, 5.74) is 13.4. The van der Waals surface area contributed by atoms with E-state index >= 15 is 0 Å². The molecule has 4 heterocycles. The van der Waals surface area contributed by atoms with Gasteiger partial charge in [-0.2, -0.15) is 4.98 Å². The van der Waals surface area contributed by atoms with Crippen molar-refractivity contribution in [3.8, 4) is 16.9 Å². The van der Waals surface area contributed by atoms with Gasteiger partial charge in [-0.15, -0.1) is 0 Å². The Hall–Kier alpha value is -4.53. The van der Waals surface area contributed by atoms with E-state index in [0.717, 1.165) is 56.2 Å². The average molecular weight is 482 g/mol. The molecule has 2 aromatic carbocycles. The predicted octanol–water partition coefficient (Wildman–Crippen LogP) is 4.43. The monoisotopic (exact) mass is 481 g/mol. The molecule has 0 bridgehead atoms. The molecule has 0 saturated heterocycles. The highest BCUT2D eigenvalue weighted by atomic mass is 19.1. The lowest BCUT2D eigenvalue weighted by Crippen LogP contribution is -2.28. The maximum atomic E-state index is 13.5. The number of nitrogens with one attached hydrogen (secondary N) is 1. The van der Waals surface area contributed by atoms with E-state index in [4.69, 9.17) is 10.5 Å². The molecule has 6 rings (SSSR count). The van der Waals surface area contributed by atoms with Crippen molar-refractivity contribution in [2.75, 3.05) is 23.8 Å². The number of hydrogen-bond donors (Lipinski definition) is 2. The third-order valence-corrected chi connectivity index (χ3v) is 6.45. The zero-order valence-electron chi connectivity index (χ0n) is 19.7. The van der Waals surface area contributed by atoms with E-state index in [9.17, 15) is 4.39 Å². The molecule has 5 aromatic rings. The molecule has 1 aliphatic rings. The Bertz CT molecular complexity index is 1570. The summed E-state index contributed by atoms with van der Waals surface area (Å²) in [6, 6.07) is 14.7. The standard InChI is InChI=1S/C27H24FN7O/c1-16-22(10-17-2-5-21(28)6-3-17)26(34-27(29)33-16)35-8-9-36-24-7-4-18(11-20(24)14-35)19-12-23-25(30-13-19)32-15-31-23/h2-7,11-13,15H,8-10,14H2,1H3,(H2,29,33,34)(H,30,31,32). The normalized spacial score (nSPS) is 13.3. The minimum atomic E-state index is -0.261. The van der Waals surface area contributed by atoms with E-state index in [-0.39, 0.29) is 11.8 Å². The van der Waals surface area contributed by atoms with Gasteiger partial charge in [0, 0.05) is 41.5 Å². The quantitative estimate of drug-likeness (QED) is 0.391. The van der Waals surface area contributed by atoms with E-state index in [1.165, 1.54) is 12.1 Å². The second kappa shape index (κ2) is 8.92. The number of nitrogens with zero attached hydrogens (tertiary/aromatic N) is 5. The number of fused-ring (bicyclic) bond motifs is 2. The van der Waals surface area contributed by atoms with Gasteiger partial charge in [-0.3, -0.25) is 0 Å². The first kappa shape index (κ1) is 22.0. The fraction of sp³-hybridized carbons (Fsp3) is 0.185. The number of rotatable bonds is 4. The van der Waals surface area contributed by atoms with E-state index in [1.54, 1.807) is 18.5 Å². The van der Waals surface area contributed by atoms with Gasteiger partial charge in [0.2, 0.25) is 5.95 Å². The Morgan fingerprint density at radius 2 is 1.92 bits per heavy atom. The summed E-state index contributed by atoms with van der Waals surface area (Å²) in [7, 11) is 0. The molecule has 9 heteroatoms. The molecule has 180 valence electrons. The zero-order valence-corrected chi connectivity index (χ0v) is 19.7. The largest absolute Gasteiger partial charge is 0.491 e. The van der Waals surface area contributed by atoms with Crippen LogP contribution in [0.1, 0.15) is 22.4 Å². The molecule has 8 nitrogen and oxygen atoms in total. The highest BCUT2D eigenvalue weighted by Crippen LogP contribution is 2.33. The summed E-state index contributed by atoms with van der Waals surface area (Å²) in [6.07, 6.45) is 4.05. The number of anilines is 2. The van der Waals surface area contributed by atoms with Crippen LogP contribution in [0.15, 0.2) is 61.1 Å². The molecule has 0 amide bonds. The number of aromatic nitrogens is 5. The van der Waals surface area contributed by atoms with E-state index < -0.39 is 0 Å². The molecule has 1 aliphatic heterocycles. The second-order valence-electron chi connectivity index (χ2n) is 8.86. The van der Waals surface area contributed by atoms with E-state index in [1.807, 2.05) is 31.3 Å². The molecule has 0 saturated carbocycles. The molecule has 0 aliphatic carbocycles. The van der Waals surface area contributed by atoms with Crippen LogP contribution in [0.4, 0.5) is 16.2 Å². The highest BCUT2D eigenvalue weighted by molar-refractivity contribution is 5.78. The number of aryl methyl sites for hydroxylation is 1. The summed E-state index contributed by atoms with van der Waals surface area (Å²) in [5, 5.41) is 0. The first-order chi connectivity index (χ1) is 17.5. The number of benzene rings is 2. The molecule has 3 N–H and O–H groups in total. The predicted molar refractivity (Wildman–Crippen MR) is 136 cm³/mol. The molecule has 0 unspecified atom stereocenters. The van der Waals surface area contributed by atoms with Crippen molar-refractivity contribution in [3.05, 3.63) is 89.3 Å². The Morgan fingerprint density at radius 1 is 1.06 bits per heavy atom. The van der Waals surface area contributed by atoms with Crippen LogP contribution in [0.5, 0.6) is 5.75 Å². The van der Waals surface area contributed by atoms with Crippen molar-refractivity contribution in [2.24, 2.45) is 0 Å². The second-order valence-corrected chi connectivity index (χ2v) is 8.86. The first-order valence-electron chi connectivity index (χ1n) is 11.7. The minimum absolute atomic E-state index is 0.225. The fourth-order valence-electron chi connectivity index (χ4n) is 4.62. The van der Waals surface area contributed by atoms with Gasteiger partial charge in [-0.05, 0) is 48.4 Å². The summed E-state index contributed by atoms with van der Waals surface area (Å²) in [5.74, 6) is 1.57. The lowest BCUT2D eigenvalue weighted by molar-refractivity contribution is 0.331. The number of aromatic amines is 1. The van der Waals surface area contributed by atoms with Crippen LogP contribution < -0.4 is 15.4 Å². The number of halogens is 1. The van der Waals surface area contributed by atoms with Crippen molar-refractivity contribution in [2.45, 2.75) is 19.9 Å². The Balaban J connectivity index is 1.36. The molecule has 0 radical (unpaired) electrons. The van der Waals surface area contributed by atoms with Gasteiger partial charge in [-0.25, -0.2) is 19.3 Å². The molecular weight excluding hydrogens is 457 g/mol. The average Bonchev–Trinajstić information content (AvgIpc) is 3.24. The number of ether oxygens (including phenoxy) is 1. The smallest absolute Gasteiger partial charge is 0.222 e. The maximum Gasteiger partial charge on any atom is 0.222 e. The van der Waals surface area contributed by atoms with Crippen molar-refractivity contribution in [1.82, 2.24) is 24.9 Å². The van der Waals surface area contributed by atoms with Gasteiger partial charge in [0.05, 0.1) is 12.9 Å². The van der Waals surface area contributed by atoms with Crippen molar-refractivity contribution in [3.63, 3.8) is 0 Å². The number of H-pyrrole nitrogens is 1. The first-order valence-corrected chi connectivity index (χ1v) is 11.7. The highest BCUT2D eigenvalue weighted by Gasteiger charge is 2.22. The zero-order chi connectivity index (χ0) is 24.6. The SMILES string of the molecule is Cc1nc(N)nc(N2CCOc3ccc(-c4cnc5[nH]cnc5c4)cc3C2)c1Cc1ccc(F)cc1. The lowest BCUT2D eigenvalue weighted by Gasteiger charge is -2.25. The van der Waals surface area contributed by atoms with Crippen LogP contribution in [0.25, 0.3) is 22.3 Å². The van der Waals surface area contributed by atoms with Crippen LogP contribution in [0, 0.1) is 12.7 Å². The molecule has 3 aromatic heterocycles. The molecule has 0 fully saturated rings. The van der Waals surface area contributed by atoms with Crippen LogP contribution in [0.3, 0.4) is 0 Å². The summed E-state index contributed by atoms with van der Waals surface area (Å²) in [4.78, 5) is 23.0. The van der Waals surface area contributed by atoms with Gasteiger partial charge < -0.3 is 20.4 Å². The third-order valence-electron chi connectivity index (χ3n) is 6.45. The third kappa shape index (κ3) is 4.19. The van der Waals surface area contributed by atoms with Crippen LogP contribution >= 0.6 is 0 Å². The van der Waals surface area contributed by atoms with Gasteiger partial charge >= 0.3 is 0 Å². The van der Waals surface area contributed by atoms with Gasteiger partial charge in [0.25, 0.3) is 0 Å². The van der Waals surface area contributed by atoms with Crippen molar-refractivity contribution in [1.29, 1.82) is 0 Å². The molecule has 0 atom stereocenters. The number of pyridine rings is 1. The number of imidazole rings is 1. The topological polar surface area (TPSA) is 106 Å². The van der Waals surface area contributed by atoms with E-state index in [0.29, 0.717) is 26.1 Å². The van der Waals surface area contributed by atoms with Gasteiger partial charge in [0.15, 0.2) is 5.65 Å². The van der Waals surface area contributed by atoms with E-state index in [2.05, 4.69) is 35.9 Å². The number of nitrogen functional groups attached to an aromatic ring is 1. The van der Waals surface area contributed by atoms with Gasteiger partial charge in [-0.1, -0.05) is 18.2 Å². The Kier molecular flexibility index (Phi) is 5.44. The van der Waals surface area contributed by atoms with Crippen molar-refractivity contribution >= 4 is 22.9 Å². The van der Waals surface area contributed by atoms with Gasteiger partial charge in [0.1, 0.15) is 29.5 Å². The summed E-state index contributed by atoms with van der Waals surface area (Å²) < 4.78 is 19.5. The van der Waals surface area contributed by atoms with Crippen LogP contribution in [-0.4, -0.2) is 38.1 Å². The molecule has 0 spiro atoms. The Labute approximate surface area is 207 Å². The number of nitrogens with two attached hydrogens (primary N) is 1. The summed E-state index contributed by atoms with van der Waals surface area (Å²) >= 11 is 0. The lowest BCUT2D eigenvalue weighted by atomic mass is 10.0.